The third-order valence-electron chi connectivity index (χ3n) is 2.85. The van der Waals surface area contributed by atoms with Gasteiger partial charge in [0.05, 0.1) is 10.0 Å². The quantitative estimate of drug-likeness (QED) is 0.799. The van der Waals surface area contributed by atoms with E-state index in [1.54, 1.807) is 0 Å². The third-order valence-corrected chi connectivity index (χ3v) is 3.59. The van der Waals surface area contributed by atoms with Crippen molar-refractivity contribution < 1.29 is 0 Å². The summed E-state index contributed by atoms with van der Waals surface area (Å²) in [7, 11) is 0. The van der Waals surface area contributed by atoms with E-state index >= 15 is 0 Å². The van der Waals surface area contributed by atoms with Gasteiger partial charge in [0.25, 0.3) is 0 Å². The fourth-order valence-electron chi connectivity index (χ4n) is 1.89. The Hall–Kier alpha value is -0.500. The van der Waals surface area contributed by atoms with Crippen molar-refractivity contribution in [2.45, 2.75) is 31.8 Å². The van der Waals surface area contributed by atoms with E-state index in [4.69, 9.17) is 23.2 Å². The van der Waals surface area contributed by atoms with Crippen molar-refractivity contribution in [3.05, 3.63) is 46.0 Å². The molecule has 1 aromatic rings. The first kappa shape index (κ1) is 12.0. The van der Waals surface area contributed by atoms with Gasteiger partial charge in [-0.2, -0.15) is 0 Å². The molecule has 0 amide bonds. The zero-order valence-corrected chi connectivity index (χ0v) is 10.6. The molecule has 0 heterocycles. The van der Waals surface area contributed by atoms with Gasteiger partial charge in [-0.1, -0.05) is 41.4 Å². The monoisotopic (exact) mass is 255 g/mol. The van der Waals surface area contributed by atoms with Gasteiger partial charge >= 0.3 is 0 Å². The highest BCUT2D eigenvalue weighted by molar-refractivity contribution is 6.42. The molecule has 86 valence electrons. The van der Waals surface area contributed by atoms with Crippen LogP contribution in [0.4, 0.5) is 0 Å². The number of hydrogen-bond donors (Lipinski definition) is 1. The molecule has 0 saturated carbocycles. The molecule has 3 heteroatoms. The van der Waals surface area contributed by atoms with Crippen LogP contribution in [-0.4, -0.2) is 6.04 Å². The van der Waals surface area contributed by atoms with Gasteiger partial charge in [0.1, 0.15) is 0 Å². The molecule has 1 aromatic carbocycles. The average molecular weight is 256 g/mol. The Morgan fingerprint density at radius 3 is 2.75 bits per heavy atom. The van der Waals surface area contributed by atoms with Crippen LogP contribution in [0.2, 0.25) is 10.0 Å². The van der Waals surface area contributed by atoms with Gasteiger partial charge < -0.3 is 5.32 Å². The molecule has 1 nitrogen and oxygen atoms in total. The Balaban J connectivity index is 1.89. The minimum atomic E-state index is 0.597. The SMILES string of the molecule is Clc1ccc(CNC2CC=CCC2)cc1Cl. The maximum Gasteiger partial charge on any atom is 0.0595 e. The van der Waals surface area contributed by atoms with Gasteiger partial charge in [0.15, 0.2) is 0 Å². The van der Waals surface area contributed by atoms with E-state index in [1.165, 1.54) is 18.4 Å². The second-order valence-electron chi connectivity index (χ2n) is 4.11. The van der Waals surface area contributed by atoms with Crippen LogP contribution in [0, 0.1) is 0 Å². The molecule has 0 saturated heterocycles. The van der Waals surface area contributed by atoms with Crippen molar-refractivity contribution in [3.8, 4) is 0 Å². The van der Waals surface area contributed by atoms with Crippen LogP contribution in [-0.2, 0) is 6.54 Å². The highest BCUT2D eigenvalue weighted by Gasteiger charge is 2.08. The summed E-state index contributed by atoms with van der Waals surface area (Å²) in [5, 5.41) is 4.78. The summed E-state index contributed by atoms with van der Waals surface area (Å²) in [5.74, 6) is 0. The fraction of sp³-hybridized carbons (Fsp3) is 0.385. The third kappa shape index (κ3) is 3.24. The Morgan fingerprint density at radius 2 is 2.06 bits per heavy atom. The Bertz CT molecular complexity index is 388. The van der Waals surface area contributed by atoms with Crippen molar-refractivity contribution in [2.24, 2.45) is 0 Å². The van der Waals surface area contributed by atoms with Crippen LogP contribution in [0.3, 0.4) is 0 Å². The molecule has 0 radical (unpaired) electrons. The summed E-state index contributed by atoms with van der Waals surface area (Å²) < 4.78 is 0. The molecule has 0 aliphatic heterocycles. The van der Waals surface area contributed by atoms with Crippen LogP contribution >= 0.6 is 23.2 Å². The van der Waals surface area contributed by atoms with E-state index in [2.05, 4.69) is 17.5 Å². The number of halogens is 2. The zero-order valence-electron chi connectivity index (χ0n) is 9.05. The molecule has 0 bridgehead atoms. The Morgan fingerprint density at radius 1 is 1.19 bits per heavy atom. The number of allylic oxidation sites excluding steroid dienone is 1. The lowest BCUT2D eigenvalue weighted by Gasteiger charge is -2.19. The highest BCUT2D eigenvalue weighted by atomic mass is 35.5. The lowest BCUT2D eigenvalue weighted by molar-refractivity contribution is 0.474. The molecule has 0 aromatic heterocycles. The Kier molecular flexibility index (Phi) is 4.28. The van der Waals surface area contributed by atoms with Crippen molar-refractivity contribution in [3.63, 3.8) is 0 Å². The van der Waals surface area contributed by atoms with Crippen LogP contribution < -0.4 is 5.32 Å². The van der Waals surface area contributed by atoms with Gasteiger partial charge in [-0.05, 0) is 37.0 Å². The summed E-state index contributed by atoms with van der Waals surface area (Å²) >= 11 is 11.8. The Labute approximate surface area is 106 Å². The first-order chi connectivity index (χ1) is 7.75. The predicted molar refractivity (Wildman–Crippen MR) is 70.1 cm³/mol. The van der Waals surface area contributed by atoms with Gasteiger partial charge in [-0.25, -0.2) is 0 Å². The summed E-state index contributed by atoms with van der Waals surface area (Å²) in [5.41, 5.74) is 1.18. The maximum absolute atomic E-state index is 5.96. The number of benzene rings is 1. The number of nitrogens with one attached hydrogen (secondary N) is 1. The van der Waals surface area contributed by atoms with Crippen molar-refractivity contribution >= 4 is 23.2 Å². The first-order valence-corrected chi connectivity index (χ1v) is 6.33. The second-order valence-corrected chi connectivity index (χ2v) is 4.93. The van der Waals surface area contributed by atoms with Crippen LogP contribution in [0.15, 0.2) is 30.4 Å². The molecule has 1 atom stereocenters. The smallest absolute Gasteiger partial charge is 0.0595 e. The van der Waals surface area contributed by atoms with E-state index in [-0.39, 0.29) is 0 Å². The normalized spacial score (nSPS) is 20.0. The second kappa shape index (κ2) is 5.72. The summed E-state index contributed by atoms with van der Waals surface area (Å²) in [6, 6.07) is 6.39. The van der Waals surface area contributed by atoms with Crippen LogP contribution in [0.25, 0.3) is 0 Å². The largest absolute Gasteiger partial charge is 0.310 e. The molecule has 0 spiro atoms. The summed E-state index contributed by atoms with van der Waals surface area (Å²) in [4.78, 5) is 0. The predicted octanol–water partition coefficient (Wildman–Crippen LogP) is 4.19. The number of hydrogen-bond acceptors (Lipinski definition) is 1. The number of rotatable bonds is 3. The molecule has 1 aliphatic rings. The van der Waals surface area contributed by atoms with Gasteiger partial charge in [-0.15, -0.1) is 0 Å². The molecular formula is C13H15Cl2N. The van der Waals surface area contributed by atoms with E-state index in [1.807, 2.05) is 18.2 Å². The van der Waals surface area contributed by atoms with E-state index in [0.717, 1.165) is 13.0 Å². The van der Waals surface area contributed by atoms with Gasteiger partial charge in [0.2, 0.25) is 0 Å². The minimum absolute atomic E-state index is 0.597. The van der Waals surface area contributed by atoms with Gasteiger partial charge in [-0.3, -0.25) is 0 Å². The standard InChI is InChI=1S/C13H15Cl2N/c14-12-7-6-10(8-13(12)15)9-16-11-4-2-1-3-5-11/h1-2,6-8,11,16H,3-5,9H2. The highest BCUT2D eigenvalue weighted by Crippen LogP contribution is 2.22. The molecule has 1 aliphatic carbocycles. The molecular weight excluding hydrogens is 241 g/mol. The zero-order chi connectivity index (χ0) is 11.4. The van der Waals surface area contributed by atoms with E-state index < -0.39 is 0 Å². The average Bonchev–Trinajstić information content (AvgIpc) is 2.32. The lowest BCUT2D eigenvalue weighted by atomic mass is 10.0. The van der Waals surface area contributed by atoms with Crippen molar-refractivity contribution in [2.75, 3.05) is 0 Å². The molecule has 0 fully saturated rings. The molecule has 1 N–H and O–H groups in total. The van der Waals surface area contributed by atoms with E-state index in [0.29, 0.717) is 16.1 Å². The molecule has 1 unspecified atom stereocenters. The van der Waals surface area contributed by atoms with Crippen molar-refractivity contribution in [1.82, 2.24) is 5.32 Å². The lowest BCUT2D eigenvalue weighted by Crippen LogP contribution is -2.29. The van der Waals surface area contributed by atoms with E-state index in [9.17, 15) is 0 Å². The molecule has 2 rings (SSSR count). The first-order valence-electron chi connectivity index (χ1n) is 5.58. The van der Waals surface area contributed by atoms with Crippen LogP contribution in [0.1, 0.15) is 24.8 Å². The topological polar surface area (TPSA) is 12.0 Å². The van der Waals surface area contributed by atoms with Gasteiger partial charge in [0, 0.05) is 12.6 Å². The summed E-state index contributed by atoms with van der Waals surface area (Å²) in [6.07, 6.45) is 8.02. The summed E-state index contributed by atoms with van der Waals surface area (Å²) in [6.45, 7) is 0.857. The van der Waals surface area contributed by atoms with Crippen molar-refractivity contribution in [1.29, 1.82) is 0 Å². The molecule has 16 heavy (non-hydrogen) atoms. The minimum Gasteiger partial charge on any atom is -0.310 e. The fourth-order valence-corrected chi connectivity index (χ4v) is 2.21. The maximum atomic E-state index is 5.96. The van der Waals surface area contributed by atoms with Crippen LogP contribution in [0.5, 0.6) is 0 Å².